The molecule has 4 rings (SSSR count). The molecule has 0 saturated heterocycles. The number of hydrogen-bond donors (Lipinski definition) is 1. The van der Waals surface area contributed by atoms with Gasteiger partial charge in [-0.1, -0.05) is 6.07 Å². The highest BCUT2D eigenvalue weighted by Gasteiger charge is 2.26. The number of hydrogen-bond acceptors (Lipinski definition) is 5. The summed E-state index contributed by atoms with van der Waals surface area (Å²) in [5.74, 6) is 0.929. The molecule has 0 amide bonds. The van der Waals surface area contributed by atoms with Crippen LogP contribution in [0.3, 0.4) is 0 Å². The van der Waals surface area contributed by atoms with Crippen molar-refractivity contribution in [3.05, 3.63) is 55.4 Å². The predicted molar refractivity (Wildman–Crippen MR) is 98.2 cm³/mol. The molecule has 0 bridgehead atoms. The third kappa shape index (κ3) is 2.42. The second-order valence-corrected chi connectivity index (χ2v) is 8.06. The standard InChI is InChI=1S/C16H13BrN4O2S/c1-9-2-3-10(21(22)23)8-12(9)20-16-11(6-7-18-16)15(19-20)13-4-5-14(17)24-13/h2-5,8,18H,6-7H2,1H3. The normalized spacial score (nSPS) is 12.9. The van der Waals surface area contributed by atoms with Crippen molar-refractivity contribution in [1.82, 2.24) is 9.78 Å². The molecule has 6 nitrogen and oxygen atoms in total. The molecule has 2 aromatic heterocycles. The van der Waals surface area contributed by atoms with Crippen molar-refractivity contribution >= 4 is 38.8 Å². The number of aromatic nitrogens is 2. The zero-order valence-electron chi connectivity index (χ0n) is 12.7. The molecule has 1 aromatic carbocycles. The molecule has 0 unspecified atom stereocenters. The Morgan fingerprint density at radius 2 is 2.21 bits per heavy atom. The number of aryl methyl sites for hydroxylation is 1. The number of non-ortho nitro benzene ring substituents is 1. The van der Waals surface area contributed by atoms with Gasteiger partial charge in [-0.05, 0) is 47.0 Å². The molecular formula is C16H13BrN4O2S. The Balaban J connectivity index is 1.91. The Bertz CT molecular complexity index is 963. The van der Waals surface area contributed by atoms with E-state index >= 15 is 0 Å². The van der Waals surface area contributed by atoms with Gasteiger partial charge in [-0.2, -0.15) is 5.10 Å². The van der Waals surface area contributed by atoms with Crippen molar-refractivity contribution in [3.63, 3.8) is 0 Å². The van der Waals surface area contributed by atoms with Crippen LogP contribution in [0.4, 0.5) is 11.5 Å². The first-order valence-corrected chi connectivity index (χ1v) is 9.02. The van der Waals surface area contributed by atoms with Crippen LogP contribution in [0.2, 0.25) is 0 Å². The predicted octanol–water partition coefficient (Wildman–Crippen LogP) is 4.55. The number of thiophene rings is 1. The summed E-state index contributed by atoms with van der Waals surface area (Å²) in [4.78, 5) is 11.8. The summed E-state index contributed by atoms with van der Waals surface area (Å²) < 4.78 is 2.85. The van der Waals surface area contributed by atoms with Gasteiger partial charge < -0.3 is 5.32 Å². The zero-order valence-corrected chi connectivity index (χ0v) is 15.1. The molecule has 1 aliphatic heterocycles. The molecule has 8 heteroatoms. The molecule has 0 radical (unpaired) electrons. The second kappa shape index (κ2) is 5.71. The fourth-order valence-electron chi connectivity index (χ4n) is 2.93. The molecule has 122 valence electrons. The van der Waals surface area contributed by atoms with E-state index in [9.17, 15) is 10.1 Å². The summed E-state index contributed by atoms with van der Waals surface area (Å²) in [7, 11) is 0. The van der Waals surface area contributed by atoms with Crippen LogP contribution in [0.1, 0.15) is 11.1 Å². The quantitative estimate of drug-likeness (QED) is 0.513. The minimum absolute atomic E-state index is 0.0678. The van der Waals surface area contributed by atoms with Gasteiger partial charge in [0.05, 0.1) is 19.3 Å². The third-order valence-corrected chi connectivity index (χ3v) is 5.72. The van der Waals surface area contributed by atoms with E-state index in [1.165, 1.54) is 6.07 Å². The Morgan fingerprint density at radius 1 is 1.38 bits per heavy atom. The summed E-state index contributed by atoms with van der Waals surface area (Å²) in [6, 6.07) is 8.91. The van der Waals surface area contributed by atoms with Gasteiger partial charge in [-0.15, -0.1) is 11.3 Å². The number of rotatable bonds is 3. The maximum absolute atomic E-state index is 11.1. The molecule has 3 aromatic rings. The molecule has 3 heterocycles. The minimum Gasteiger partial charge on any atom is -0.369 e. The van der Waals surface area contributed by atoms with Crippen molar-refractivity contribution in [2.45, 2.75) is 13.3 Å². The fourth-order valence-corrected chi connectivity index (χ4v) is 4.33. The fraction of sp³-hybridized carbons (Fsp3) is 0.188. The van der Waals surface area contributed by atoms with Crippen molar-refractivity contribution in [3.8, 4) is 16.3 Å². The Kier molecular flexibility index (Phi) is 3.65. The Morgan fingerprint density at radius 3 is 2.92 bits per heavy atom. The van der Waals surface area contributed by atoms with Gasteiger partial charge in [-0.25, -0.2) is 4.68 Å². The topological polar surface area (TPSA) is 73.0 Å². The third-order valence-electron chi connectivity index (χ3n) is 4.09. The van der Waals surface area contributed by atoms with E-state index in [4.69, 9.17) is 5.10 Å². The van der Waals surface area contributed by atoms with Crippen molar-refractivity contribution < 1.29 is 4.92 Å². The van der Waals surface area contributed by atoms with Crippen molar-refractivity contribution in [1.29, 1.82) is 0 Å². The lowest BCUT2D eigenvalue weighted by Gasteiger charge is -2.09. The zero-order chi connectivity index (χ0) is 16.8. The van der Waals surface area contributed by atoms with Crippen LogP contribution in [-0.4, -0.2) is 21.2 Å². The van der Waals surface area contributed by atoms with Gasteiger partial charge >= 0.3 is 0 Å². The van der Waals surface area contributed by atoms with Gasteiger partial charge in [0.15, 0.2) is 0 Å². The van der Waals surface area contributed by atoms with Gasteiger partial charge in [-0.3, -0.25) is 10.1 Å². The van der Waals surface area contributed by atoms with Gasteiger partial charge in [0.25, 0.3) is 5.69 Å². The van der Waals surface area contributed by atoms with E-state index in [0.717, 1.165) is 50.0 Å². The molecule has 0 fully saturated rings. The first-order chi connectivity index (χ1) is 11.5. The molecule has 0 atom stereocenters. The van der Waals surface area contributed by atoms with Gasteiger partial charge in [0.2, 0.25) is 0 Å². The average Bonchev–Trinajstić information content (AvgIpc) is 3.24. The van der Waals surface area contributed by atoms with Crippen LogP contribution in [-0.2, 0) is 6.42 Å². The first-order valence-electron chi connectivity index (χ1n) is 7.41. The van der Waals surface area contributed by atoms with E-state index in [-0.39, 0.29) is 10.6 Å². The molecule has 0 aliphatic carbocycles. The maximum Gasteiger partial charge on any atom is 0.271 e. The molecular weight excluding hydrogens is 392 g/mol. The number of nitro benzene ring substituents is 1. The molecule has 1 aliphatic rings. The summed E-state index contributed by atoms with van der Waals surface area (Å²) >= 11 is 5.12. The SMILES string of the molecule is Cc1ccc([N+](=O)[O-])cc1-n1nc(-c2ccc(Br)s2)c2c1NCC2. The highest BCUT2D eigenvalue weighted by atomic mass is 79.9. The van der Waals surface area contributed by atoms with Gasteiger partial charge in [0.1, 0.15) is 11.5 Å². The van der Waals surface area contributed by atoms with Crippen LogP contribution in [0.25, 0.3) is 16.3 Å². The number of fused-ring (bicyclic) bond motifs is 1. The lowest BCUT2D eigenvalue weighted by Crippen LogP contribution is -2.06. The highest BCUT2D eigenvalue weighted by molar-refractivity contribution is 9.11. The first kappa shape index (κ1) is 15.3. The van der Waals surface area contributed by atoms with Gasteiger partial charge in [0, 0.05) is 24.2 Å². The summed E-state index contributed by atoms with van der Waals surface area (Å²) in [5, 5.41) is 19.2. The molecule has 0 saturated carbocycles. The average molecular weight is 405 g/mol. The van der Waals surface area contributed by atoms with Crippen LogP contribution < -0.4 is 5.32 Å². The number of anilines is 1. The molecule has 0 spiro atoms. The van der Waals surface area contributed by atoms with Crippen LogP contribution >= 0.6 is 27.3 Å². The number of nitro groups is 1. The summed E-state index contributed by atoms with van der Waals surface area (Å²) in [5.41, 5.74) is 3.85. The van der Waals surface area contributed by atoms with Crippen LogP contribution in [0.15, 0.2) is 34.1 Å². The molecule has 24 heavy (non-hydrogen) atoms. The number of benzene rings is 1. The van der Waals surface area contributed by atoms with E-state index < -0.39 is 0 Å². The van der Waals surface area contributed by atoms with Crippen molar-refractivity contribution in [2.24, 2.45) is 0 Å². The second-order valence-electron chi connectivity index (χ2n) is 5.60. The van der Waals surface area contributed by atoms with E-state index in [1.54, 1.807) is 28.2 Å². The number of nitrogens with one attached hydrogen (secondary N) is 1. The number of halogens is 1. The molecule has 1 N–H and O–H groups in total. The number of nitrogens with zero attached hydrogens (tertiary/aromatic N) is 3. The highest BCUT2D eigenvalue weighted by Crippen LogP contribution is 2.39. The van der Waals surface area contributed by atoms with Crippen molar-refractivity contribution in [2.75, 3.05) is 11.9 Å². The van der Waals surface area contributed by atoms with E-state index in [2.05, 4.69) is 21.2 Å². The minimum atomic E-state index is -0.378. The van der Waals surface area contributed by atoms with Crippen LogP contribution in [0.5, 0.6) is 0 Å². The monoisotopic (exact) mass is 404 g/mol. The largest absolute Gasteiger partial charge is 0.369 e. The smallest absolute Gasteiger partial charge is 0.271 e. The van der Waals surface area contributed by atoms with E-state index in [0.29, 0.717) is 0 Å². The maximum atomic E-state index is 11.1. The lowest BCUT2D eigenvalue weighted by molar-refractivity contribution is -0.384. The van der Waals surface area contributed by atoms with E-state index in [1.807, 2.05) is 19.1 Å². The Labute approximate surface area is 150 Å². The Hall–Kier alpha value is -2.19. The summed E-state index contributed by atoms with van der Waals surface area (Å²) in [6.07, 6.45) is 0.897. The van der Waals surface area contributed by atoms with Crippen LogP contribution in [0, 0.1) is 17.0 Å². The summed E-state index contributed by atoms with van der Waals surface area (Å²) in [6.45, 7) is 2.78. The lowest BCUT2D eigenvalue weighted by atomic mass is 10.1.